The summed E-state index contributed by atoms with van der Waals surface area (Å²) in [6, 6.07) is 18.4. The van der Waals surface area contributed by atoms with Crippen LogP contribution >= 0.6 is 11.6 Å². The highest BCUT2D eigenvalue weighted by Gasteiger charge is 2.47. The van der Waals surface area contributed by atoms with Crippen molar-refractivity contribution >= 4 is 34.7 Å². The van der Waals surface area contributed by atoms with E-state index in [4.69, 9.17) is 16.3 Å². The third kappa shape index (κ3) is 3.62. The number of hydrogen-bond acceptors (Lipinski definition) is 5. The molecule has 0 saturated carbocycles. The highest BCUT2D eigenvalue weighted by atomic mass is 35.5. The Morgan fingerprint density at radius 2 is 1.61 bits per heavy atom. The minimum atomic E-state index is -0.949. The van der Waals surface area contributed by atoms with Crippen LogP contribution in [0.3, 0.4) is 0 Å². The summed E-state index contributed by atoms with van der Waals surface area (Å²) in [7, 11) is 1.53. The Morgan fingerprint density at radius 3 is 2.23 bits per heavy atom. The lowest BCUT2D eigenvalue weighted by atomic mass is 9.95. The Bertz CT molecular complexity index is 1190. The van der Waals surface area contributed by atoms with Gasteiger partial charge < -0.3 is 14.9 Å². The largest absolute Gasteiger partial charge is 0.507 e. The van der Waals surface area contributed by atoms with Crippen LogP contribution in [-0.4, -0.2) is 29.0 Å². The topological polar surface area (TPSA) is 87.1 Å². The van der Waals surface area contributed by atoms with E-state index in [1.54, 1.807) is 66.7 Å². The SMILES string of the molecule is COc1ccc(C2/C(=C(\O)c3ccc(Cl)cc3)C(=O)C(=O)N2c2ccccc2O)cc1. The Balaban J connectivity index is 1.95. The summed E-state index contributed by atoms with van der Waals surface area (Å²) in [5.41, 5.74) is 0.998. The Kier molecular flexibility index (Phi) is 5.40. The van der Waals surface area contributed by atoms with Crippen molar-refractivity contribution in [2.24, 2.45) is 0 Å². The molecule has 2 N–H and O–H groups in total. The van der Waals surface area contributed by atoms with Gasteiger partial charge in [-0.2, -0.15) is 0 Å². The Hall–Kier alpha value is -3.77. The molecule has 1 unspecified atom stereocenters. The molecule has 6 nitrogen and oxygen atoms in total. The molecule has 1 fully saturated rings. The lowest BCUT2D eigenvalue weighted by Crippen LogP contribution is -2.29. The van der Waals surface area contributed by atoms with Gasteiger partial charge in [0.25, 0.3) is 11.7 Å². The Labute approximate surface area is 183 Å². The van der Waals surface area contributed by atoms with E-state index < -0.39 is 17.7 Å². The molecule has 1 saturated heterocycles. The van der Waals surface area contributed by atoms with E-state index in [1.165, 1.54) is 18.1 Å². The van der Waals surface area contributed by atoms with Crippen molar-refractivity contribution in [1.82, 2.24) is 0 Å². The van der Waals surface area contributed by atoms with Crippen LogP contribution in [0.5, 0.6) is 11.5 Å². The minimum absolute atomic E-state index is 0.0826. The van der Waals surface area contributed by atoms with Crippen molar-refractivity contribution < 1.29 is 24.5 Å². The fraction of sp³-hybridized carbons (Fsp3) is 0.0833. The van der Waals surface area contributed by atoms with Crippen molar-refractivity contribution in [3.8, 4) is 11.5 Å². The number of carbonyl (C=O) groups is 2. The number of aliphatic hydroxyl groups is 1. The minimum Gasteiger partial charge on any atom is -0.507 e. The molecule has 156 valence electrons. The van der Waals surface area contributed by atoms with E-state index in [9.17, 15) is 19.8 Å². The van der Waals surface area contributed by atoms with E-state index >= 15 is 0 Å². The summed E-state index contributed by atoms with van der Waals surface area (Å²) in [5.74, 6) is -1.58. The predicted octanol–water partition coefficient (Wildman–Crippen LogP) is 4.68. The van der Waals surface area contributed by atoms with Gasteiger partial charge in [0.05, 0.1) is 24.4 Å². The van der Waals surface area contributed by atoms with Crippen molar-refractivity contribution in [2.75, 3.05) is 12.0 Å². The average Bonchev–Trinajstić information content (AvgIpc) is 3.05. The third-order valence-electron chi connectivity index (χ3n) is 5.13. The van der Waals surface area contributed by atoms with Crippen LogP contribution in [0.4, 0.5) is 5.69 Å². The zero-order valence-corrected chi connectivity index (χ0v) is 17.2. The number of anilines is 1. The second-order valence-corrected chi connectivity index (χ2v) is 7.37. The number of methoxy groups -OCH3 is 1. The lowest BCUT2D eigenvalue weighted by molar-refractivity contribution is -0.132. The van der Waals surface area contributed by atoms with E-state index in [-0.39, 0.29) is 22.8 Å². The number of benzene rings is 3. The van der Waals surface area contributed by atoms with E-state index in [0.717, 1.165) is 0 Å². The van der Waals surface area contributed by atoms with Crippen LogP contribution < -0.4 is 9.64 Å². The summed E-state index contributed by atoms with van der Waals surface area (Å²) in [5, 5.41) is 21.9. The second-order valence-electron chi connectivity index (χ2n) is 6.94. The maximum atomic E-state index is 13.0. The second kappa shape index (κ2) is 8.16. The summed E-state index contributed by atoms with van der Waals surface area (Å²) in [6.07, 6.45) is 0. The molecule has 0 spiro atoms. The fourth-order valence-electron chi connectivity index (χ4n) is 3.61. The van der Waals surface area contributed by atoms with Crippen LogP contribution in [-0.2, 0) is 9.59 Å². The molecule has 31 heavy (non-hydrogen) atoms. The van der Waals surface area contributed by atoms with Crippen molar-refractivity contribution in [3.05, 3.63) is 94.5 Å². The summed E-state index contributed by atoms with van der Waals surface area (Å²) in [6.45, 7) is 0. The van der Waals surface area contributed by atoms with Gasteiger partial charge in [0.15, 0.2) is 0 Å². The normalized spacial score (nSPS) is 17.7. The van der Waals surface area contributed by atoms with Gasteiger partial charge in [-0.05, 0) is 54.1 Å². The number of ether oxygens (including phenoxy) is 1. The first-order valence-electron chi connectivity index (χ1n) is 9.41. The maximum Gasteiger partial charge on any atom is 0.300 e. The first-order chi connectivity index (χ1) is 14.9. The molecular weight excluding hydrogens is 418 g/mol. The molecular formula is C24H18ClNO5. The molecule has 1 aliphatic rings. The standard InChI is InChI=1S/C24H18ClNO5/c1-31-17-12-8-14(9-13-17)21-20(22(28)15-6-10-16(25)11-7-15)23(29)24(30)26(21)18-4-2-3-5-19(18)27/h2-13,21,27-28H,1H3/b22-20+. The lowest BCUT2D eigenvalue weighted by Gasteiger charge is -2.26. The molecule has 1 atom stereocenters. The predicted molar refractivity (Wildman–Crippen MR) is 117 cm³/mol. The zero-order valence-electron chi connectivity index (χ0n) is 16.4. The van der Waals surface area contributed by atoms with Crippen LogP contribution in [0.25, 0.3) is 5.76 Å². The highest BCUT2D eigenvalue weighted by Crippen LogP contribution is 2.44. The van der Waals surface area contributed by atoms with Crippen molar-refractivity contribution in [1.29, 1.82) is 0 Å². The third-order valence-corrected chi connectivity index (χ3v) is 5.39. The fourth-order valence-corrected chi connectivity index (χ4v) is 3.74. The van der Waals surface area contributed by atoms with Crippen LogP contribution in [0.2, 0.25) is 5.02 Å². The van der Waals surface area contributed by atoms with Crippen LogP contribution in [0.15, 0.2) is 78.4 Å². The number of phenols is 1. The Morgan fingerprint density at radius 1 is 0.968 bits per heavy atom. The molecule has 1 amide bonds. The van der Waals surface area contributed by atoms with E-state index in [1.807, 2.05) is 0 Å². The number of Topliss-reactive ketones (excluding diaryl/α,β-unsaturated/α-hetero) is 1. The maximum absolute atomic E-state index is 13.0. The van der Waals surface area contributed by atoms with Crippen LogP contribution in [0, 0.1) is 0 Å². The van der Waals surface area contributed by atoms with Crippen molar-refractivity contribution in [3.63, 3.8) is 0 Å². The van der Waals surface area contributed by atoms with Gasteiger partial charge in [-0.25, -0.2) is 0 Å². The molecule has 1 heterocycles. The van der Waals surface area contributed by atoms with Gasteiger partial charge in [0.1, 0.15) is 17.3 Å². The molecule has 7 heteroatoms. The first-order valence-corrected chi connectivity index (χ1v) is 9.79. The molecule has 4 rings (SSSR count). The number of aromatic hydroxyl groups is 1. The summed E-state index contributed by atoms with van der Waals surface area (Å²) >= 11 is 5.93. The van der Waals surface area contributed by atoms with Crippen molar-refractivity contribution in [2.45, 2.75) is 6.04 Å². The number of aliphatic hydroxyl groups excluding tert-OH is 1. The summed E-state index contributed by atoms with van der Waals surface area (Å²) < 4.78 is 5.20. The molecule has 0 aliphatic carbocycles. The molecule has 0 bridgehead atoms. The van der Waals surface area contributed by atoms with Gasteiger partial charge in [-0.15, -0.1) is 0 Å². The van der Waals surface area contributed by atoms with Crippen LogP contribution in [0.1, 0.15) is 17.2 Å². The number of phenolic OH excluding ortho intramolecular Hbond substituents is 1. The highest BCUT2D eigenvalue weighted by molar-refractivity contribution is 6.52. The van der Waals surface area contributed by atoms with Gasteiger partial charge in [-0.3, -0.25) is 14.5 Å². The van der Waals surface area contributed by atoms with Gasteiger partial charge >= 0.3 is 0 Å². The number of carbonyl (C=O) groups excluding carboxylic acids is 2. The number of amides is 1. The number of ketones is 1. The zero-order chi connectivity index (χ0) is 22.1. The smallest absolute Gasteiger partial charge is 0.300 e. The molecule has 0 radical (unpaired) electrons. The number of hydrogen-bond donors (Lipinski definition) is 2. The quantitative estimate of drug-likeness (QED) is 0.353. The first kappa shape index (κ1) is 20.5. The van der Waals surface area contributed by atoms with Gasteiger partial charge in [0.2, 0.25) is 0 Å². The molecule has 0 aromatic heterocycles. The number of halogens is 1. The van der Waals surface area contributed by atoms with E-state index in [0.29, 0.717) is 21.9 Å². The number of para-hydroxylation sites is 2. The molecule has 3 aromatic carbocycles. The van der Waals surface area contributed by atoms with Gasteiger partial charge in [-0.1, -0.05) is 35.9 Å². The monoisotopic (exact) mass is 435 g/mol. The molecule has 1 aliphatic heterocycles. The van der Waals surface area contributed by atoms with Gasteiger partial charge in [0, 0.05) is 10.6 Å². The average molecular weight is 436 g/mol. The van der Waals surface area contributed by atoms with E-state index in [2.05, 4.69) is 0 Å². The number of nitrogens with zero attached hydrogens (tertiary/aromatic N) is 1. The summed E-state index contributed by atoms with van der Waals surface area (Å²) in [4.78, 5) is 27.3. The number of rotatable bonds is 4. The molecule has 3 aromatic rings.